The molecular formula is C28H31F5O5S. The number of hydrogen-bond donors (Lipinski definition) is 2. The summed E-state index contributed by atoms with van der Waals surface area (Å²) in [6.45, 7) is 2.97. The molecule has 5 nitrogen and oxygen atoms in total. The van der Waals surface area contributed by atoms with Crippen molar-refractivity contribution in [3.8, 4) is 0 Å². The number of sulfone groups is 1. The average Bonchev–Trinajstić information content (AvgIpc) is 3.22. The van der Waals surface area contributed by atoms with Gasteiger partial charge < -0.3 is 10.2 Å². The highest BCUT2D eigenvalue weighted by molar-refractivity contribution is 7.92. The van der Waals surface area contributed by atoms with Crippen LogP contribution in [0, 0.1) is 17.7 Å². The van der Waals surface area contributed by atoms with Gasteiger partial charge in [0.15, 0.2) is 15.6 Å². The van der Waals surface area contributed by atoms with Gasteiger partial charge in [-0.1, -0.05) is 18.2 Å². The molecule has 0 radical (unpaired) electrons. The topological polar surface area (TPSA) is 91.7 Å². The lowest BCUT2D eigenvalue weighted by Gasteiger charge is -2.43. The largest absolute Gasteiger partial charge is 0.426 e. The number of alkyl halides is 4. The molecule has 0 aliphatic heterocycles. The molecule has 0 aromatic heterocycles. The molecule has 214 valence electrons. The number of rotatable bonds is 7. The minimum atomic E-state index is -5.18. The van der Waals surface area contributed by atoms with E-state index in [4.69, 9.17) is 0 Å². The van der Waals surface area contributed by atoms with Crippen LogP contribution >= 0.6 is 0 Å². The number of carbonyl (C=O) groups is 1. The fourth-order valence-corrected chi connectivity index (χ4v) is 8.76. The molecular weight excluding hydrogens is 543 g/mol. The van der Waals surface area contributed by atoms with Gasteiger partial charge in [0.2, 0.25) is 5.67 Å². The van der Waals surface area contributed by atoms with E-state index in [1.54, 1.807) is 0 Å². The molecule has 0 saturated heterocycles. The second-order valence-corrected chi connectivity index (χ2v) is 13.6. The van der Waals surface area contributed by atoms with E-state index in [-0.39, 0.29) is 48.1 Å². The maximum atomic E-state index is 14.8. The molecule has 39 heavy (non-hydrogen) atoms. The van der Waals surface area contributed by atoms with Crippen LogP contribution in [0.15, 0.2) is 47.4 Å². The molecule has 5 atom stereocenters. The van der Waals surface area contributed by atoms with Crippen molar-refractivity contribution in [2.75, 3.05) is 0 Å². The number of aliphatic hydroxyl groups excluding tert-OH is 1. The first-order valence-corrected chi connectivity index (χ1v) is 14.1. The van der Waals surface area contributed by atoms with Crippen molar-refractivity contribution in [2.45, 2.75) is 86.1 Å². The highest BCUT2D eigenvalue weighted by atomic mass is 32.2. The summed E-state index contributed by atoms with van der Waals surface area (Å²) in [5.74, 6) is -2.48. The van der Waals surface area contributed by atoms with Gasteiger partial charge in [-0.05, 0) is 99.2 Å². The van der Waals surface area contributed by atoms with Crippen molar-refractivity contribution < 1.29 is 45.4 Å². The smallest absolute Gasteiger partial charge is 0.387 e. The lowest BCUT2D eigenvalue weighted by Crippen LogP contribution is -2.46. The molecule has 1 fully saturated rings. The van der Waals surface area contributed by atoms with Gasteiger partial charge in [-0.15, -0.1) is 0 Å². The van der Waals surface area contributed by atoms with Crippen LogP contribution in [0.4, 0.5) is 22.0 Å². The number of ketones is 1. The summed E-state index contributed by atoms with van der Waals surface area (Å²) in [6.07, 6.45) is -6.48. The molecule has 11 heteroatoms. The summed E-state index contributed by atoms with van der Waals surface area (Å²) >= 11 is 0. The number of hydrogen-bond acceptors (Lipinski definition) is 5. The zero-order valence-electron chi connectivity index (χ0n) is 21.7. The van der Waals surface area contributed by atoms with Crippen LogP contribution in [0.3, 0.4) is 0 Å². The maximum absolute atomic E-state index is 14.8. The first kappa shape index (κ1) is 29.6. The minimum absolute atomic E-state index is 0.0203. The van der Waals surface area contributed by atoms with Crippen LogP contribution in [0.25, 0.3) is 0 Å². The summed E-state index contributed by atoms with van der Waals surface area (Å²) in [4.78, 5) is 12.6. The average molecular weight is 575 g/mol. The Hall–Kier alpha value is -2.37. The van der Waals surface area contributed by atoms with Gasteiger partial charge in [0, 0.05) is 6.42 Å². The fourth-order valence-electron chi connectivity index (χ4n) is 6.26. The molecule has 2 aromatic carbocycles. The van der Waals surface area contributed by atoms with Crippen LogP contribution in [0.5, 0.6) is 0 Å². The third-order valence-corrected chi connectivity index (χ3v) is 11.0. The van der Waals surface area contributed by atoms with E-state index in [2.05, 4.69) is 0 Å². The molecule has 1 unspecified atom stereocenters. The monoisotopic (exact) mass is 574 g/mol. The van der Waals surface area contributed by atoms with Crippen LogP contribution in [-0.2, 0) is 31.5 Å². The Morgan fingerprint density at radius 2 is 1.67 bits per heavy atom. The van der Waals surface area contributed by atoms with E-state index in [9.17, 15) is 45.4 Å². The van der Waals surface area contributed by atoms with Crippen molar-refractivity contribution in [1.29, 1.82) is 0 Å². The van der Waals surface area contributed by atoms with Crippen molar-refractivity contribution in [2.24, 2.45) is 11.8 Å². The number of carbonyl (C=O) groups excluding carboxylic acids is 1. The van der Waals surface area contributed by atoms with Crippen molar-refractivity contribution >= 4 is 15.6 Å². The Morgan fingerprint density at radius 1 is 1.05 bits per heavy atom. The second kappa shape index (κ2) is 9.62. The van der Waals surface area contributed by atoms with Gasteiger partial charge in [0.05, 0.1) is 10.5 Å². The highest BCUT2D eigenvalue weighted by Crippen LogP contribution is 2.60. The third kappa shape index (κ3) is 4.80. The lowest BCUT2D eigenvalue weighted by atomic mass is 9.71. The van der Waals surface area contributed by atoms with E-state index in [0.717, 1.165) is 36.4 Å². The van der Waals surface area contributed by atoms with E-state index in [1.165, 1.54) is 19.9 Å². The zero-order chi connectivity index (χ0) is 29.2. The maximum Gasteiger partial charge on any atom is 0.426 e. The van der Waals surface area contributed by atoms with Gasteiger partial charge in [-0.3, -0.25) is 4.79 Å². The summed E-state index contributed by atoms with van der Waals surface area (Å²) < 4.78 is 95.7. The van der Waals surface area contributed by atoms with E-state index in [1.807, 2.05) is 0 Å². The third-order valence-electron chi connectivity index (χ3n) is 8.46. The molecule has 2 aromatic rings. The molecule has 0 bridgehead atoms. The first-order valence-electron chi connectivity index (χ1n) is 12.7. The van der Waals surface area contributed by atoms with Crippen LogP contribution in [0.2, 0.25) is 0 Å². The Labute approximate surface area is 224 Å². The number of aliphatic hydroxyl groups is 2. The zero-order valence-corrected chi connectivity index (χ0v) is 22.5. The molecule has 0 heterocycles. The number of aryl methyl sites for hydroxylation is 1. The van der Waals surface area contributed by atoms with Gasteiger partial charge in [0.1, 0.15) is 16.7 Å². The predicted octanol–water partition coefficient (Wildman–Crippen LogP) is 5.31. The normalized spacial score (nSPS) is 25.9. The first-order chi connectivity index (χ1) is 17.8. The lowest BCUT2D eigenvalue weighted by molar-refractivity contribution is -0.228. The van der Waals surface area contributed by atoms with Crippen molar-refractivity contribution in [3.63, 3.8) is 0 Å². The molecule has 0 spiro atoms. The van der Waals surface area contributed by atoms with Crippen LogP contribution in [0.1, 0.15) is 63.1 Å². The fraction of sp³-hybridized carbons (Fsp3) is 0.536. The van der Waals surface area contributed by atoms with Crippen molar-refractivity contribution in [1.82, 2.24) is 0 Å². The quantitative estimate of drug-likeness (QED) is 0.346. The van der Waals surface area contributed by atoms with Crippen LogP contribution in [-0.4, -0.2) is 42.3 Å². The predicted molar refractivity (Wildman–Crippen MR) is 133 cm³/mol. The summed E-state index contributed by atoms with van der Waals surface area (Å²) in [7, 11) is -4.29. The Balaban J connectivity index is 1.85. The Morgan fingerprint density at radius 3 is 2.23 bits per heavy atom. The molecule has 0 amide bonds. The van der Waals surface area contributed by atoms with Crippen LogP contribution < -0.4 is 0 Å². The number of benzene rings is 2. The minimum Gasteiger partial charge on any atom is -0.387 e. The molecule has 2 aliphatic carbocycles. The molecule has 2 N–H and O–H groups in total. The van der Waals surface area contributed by atoms with E-state index in [0.29, 0.717) is 6.92 Å². The molecule has 2 aliphatic rings. The number of Topliss-reactive ketones (excluding diaryl/α,β-unsaturated/α-hetero) is 1. The van der Waals surface area contributed by atoms with E-state index >= 15 is 0 Å². The molecule has 1 saturated carbocycles. The number of fused-ring (bicyclic) bond motifs is 3. The summed E-state index contributed by atoms with van der Waals surface area (Å²) in [5.41, 5.74) is -5.49. The molecule has 4 rings (SSSR count). The van der Waals surface area contributed by atoms with Gasteiger partial charge in [-0.2, -0.15) is 13.2 Å². The van der Waals surface area contributed by atoms with Gasteiger partial charge in [0.25, 0.3) is 0 Å². The van der Waals surface area contributed by atoms with Gasteiger partial charge >= 0.3 is 6.18 Å². The Kier molecular flexibility index (Phi) is 7.31. The number of halogens is 5. The SMILES string of the molecule is CC(C)(O)[C@@H](O)C(=O)C[C@@H]1CC[C@@]2(S(=O)(=O)c3ccc(F)cc3)c3ccc(C(C)(F)C(F)(F)F)cc3CC[C@@H]12. The Bertz CT molecular complexity index is 1360. The standard InChI is InChI=1S/C28H31F5O5S/c1-25(2,36)24(35)23(34)15-17-12-13-27(39(37,38)20-8-6-19(29)7-9-20)21(17)10-4-16-14-18(5-11-22(16)27)26(3,30)28(31,32)33/h5-9,11,14,17,21,24,35-36H,4,10,12-13,15H2,1-3H3/t17-,21-,24-,26?,27-/m0/s1. The summed E-state index contributed by atoms with van der Waals surface area (Å²) in [5, 5.41) is 20.4. The highest BCUT2D eigenvalue weighted by Gasteiger charge is 2.61. The van der Waals surface area contributed by atoms with Crippen molar-refractivity contribution in [3.05, 3.63) is 65.0 Å². The van der Waals surface area contributed by atoms with Gasteiger partial charge in [-0.25, -0.2) is 17.2 Å². The summed E-state index contributed by atoms with van der Waals surface area (Å²) in [6, 6.07) is 7.50. The second-order valence-electron chi connectivity index (χ2n) is 11.4. The van der Waals surface area contributed by atoms with E-state index < -0.39 is 67.1 Å².